The van der Waals surface area contributed by atoms with Gasteiger partial charge in [0.15, 0.2) is 5.82 Å². The van der Waals surface area contributed by atoms with E-state index >= 15 is 0 Å². The molecule has 2 aromatic rings. The topological polar surface area (TPSA) is 38.7 Å². The number of hydrogen-bond acceptors (Lipinski definition) is 4. The standard InChI is InChI=1S/C10H7ClIN3S/c11-9-7(12)8(5-1-2-5)14-10(15-9)6-3-13-4-16-6/h3-5H,1-2H2. The van der Waals surface area contributed by atoms with Crippen LogP contribution in [0.4, 0.5) is 0 Å². The van der Waals surface area contributed by atoms with Gasteiger partial charge >= 0.3 is 0 Å². The van der Waals surface area contributed by atoms with Crippen molar-refractivity contribution in [3.05, 3.63) is 26.1 Å². The average molecular weight is 364 g/mol. The highest BCUT2D eigenvalue weighted by Crippen LogP contribution is 2.42. The molecule has 82 valence electrons. The number of aromatic nitrogens is 3. The van der Waals surface area contributed by atoms with Crippen LogP contribution >= 0.6 is 45.5 Å². The van der Waals surface area contributed by atoms with E-state index in [4.69, 9.17) is 11.6 Å². The van der Waals surface area contributed by atoms with Crippen LogP contribution < -0.4 is 0 Å². The Balaban J connectivity index is 2.13. The second-order valence-electron chi connectivity index (χ2n) is 3.68. The third-order valence-electron chi connectivity index (χ3n) is 2.45. The molecule has 1 saturated carbocycles. The second kappa shape index (κ2) is 4.19. The molecule has 0 unspecified atom stereocenters. The monoisotopic (exact) mass is 363 g/mol. The van der Waals surface area contributed by atoms with Gasteiger partial charge in [-0.15, -0.1) is 11.3 Å². The SMILES string of the molecule is Clc1nc(-c2cncs2)nc(C2CC2)c1I. The van der Waals surface area contributed by atoms with Crippen LogP contribution in [-0.4, -0.2) is 15.0 Å². The van der Waals surface area contributed by atoms with Crippen LogP contribution in [0.5, 0.6) is 0 Å². The van der Waals surface area contributed by atoms with Gasteiger partial charge in [0.2, 0.25) is 0 Å². The molecule has 0 saturated heterocycles. The lowest BCUT2D eigenvalue weighted by Gasteiger charge is -2.05. The Morgan fingerprint density at radius 2 is 2.19 bits per heavy atom. The van der Waals surface area contributed by atoms with Gasteiger partial charge in [-0.3, -0.25) is 4.98 Å². The normalized spacial score (nSPS) is 15.4. The fourth-order valence-corrected chi connectivity index (χ4v) is 2.91. The van der Waals surface area contributed by atoms with Crippen LogP contribution in [0.3, 0.4) is 0 Å². The van der Waals surface area contributed by atoms with E-state index in [1.54, 1.807) is 11.7 Å². The predicted octanol–water partition coefficient (Wildman–Crippen LogP) is 3.74. The summed E-state index contributed by atoms with van der Waals surface area (Å²) in [7, 11) is 0. The maximum absolute atomic E-state index is 6.13. The number of hydrogen-bond donors (Lipinski definition) is 0. The van der Waals surface area contributed by atoms with E-state index in [1.165, 1.54) is 24.2 Å². The summed E-state index contributed by atoms with van der Waals surface area (Å²) in [6, 6.07) is 0. The van der Waals surface area contributed by atoms with Crippen LogP contribution in [0.2, 0.25) is 5.15 Å². The maximum atomic E-state index is 6.13. The highest BCUT2D eigenvalue weighted by atomic mass is 127. The summed E-state index contributed by atoms with van der Waals surface area (Å²) in [5.41, 5.74) is 2.88. The molecule has 0 bridgehead atoms. The minimum atomic E-state index is 0.556. The van der Waals surface area contributed by atoms with Gasteiger partial charge in [-0.2, -0.15) is 0 Å². The third-order valence-corrected chi connectivity index (χ3v) is 4.88. The minimum absolute atomic E-state index is 0.556. The first kappa shape index (κ1) is 10.9. The number of rotatable bonds is 2. The molecule has 0 aliphatic heterocycles. The smallest absolute Gasteiger partial charge is 0.172 e. The molecule has 2 aromatic heterocycles. The van der Waals surface area contributed by atoms with Crippen LogP contribution in [0.1, 0.15) is 24.5 Å². The first-order valence-corrected chi connectivity index (χ1v) is 7.21. The average Bonchev–Trinajstić information content (AvgIpc) is 2.96. The first-order chi connectivity index (χ1) is 7.75. The molecule has 16 heavy (non-hydrogen) atoms. The van der Waals surface area contributed by atoms with Crippen LogP contribution in [0, 0.1) is 3.57 Å². The molecular formula is C10H7ClIN3S. The van der Waals surface area contributed by atoms with Crippen LogP contribution in [0.15, 0.2) is 11.7 Å². The van der Waals surface area contributed by atoms with E-state index in [-0.39, 0.29) is 0 Å². The fraction of sp³-hybridized carbons (Fsp3) is 0.300. The van der Waals surface area contributed by atoms with Crippen molar-refractivity contribution >= 4 is 45.5 Å². The summed E-state index contributed by atoms with van der Waals surface area (Å²) in [4.78, 5) is 13.9. The Labute approximate surface area is 115 Å². The Morgan fingerprint density at radius 3 is 2.81 bits per heavy atom. The summed E-state index contributed by atoms with van der Waals surface area (Å²) < 4.78 is 0.995. The molecule has 0 spiro atoms. The van der Waals surface area contributed by atoms with Gasteiger partial charge in [-0.25, -0.2) is 9.97 Å². The molecule has 6 heteroatoms. The molecule has 0 amide bonds. The zero-order valence-corrected chi connectivity index (χ0v) is 11.9. The lowest BCUT2D eigenvalue weighted by molar-refractivity contribution is 0.980. The summed E-state index contributed by atoms with van der Waals surface area (Å²) in [5.74, 6) is 1.29. The molecule has 1 fully saturated rings. The van der Waals surface area contributed by atoms with E-state index < -0.39 is 0 Å². The number of nitrogens with zero attached hydrogens (tertiary/aromatic N) is 3. The quantitative estimate of drug-likeness (QED) is 0.603. The van der Waals surface area contributed by atoms with Crippen molar-refractivity contribution in [2.75, 3.05) is 0 Å². The first-order valence-electron chi connectivity index (χ1n) is 4.87. The third kappa shape index (κ3) is 1.96. The summed E-state index contributed by atoms with van der Waals surface area (Å²) in [6.45, 7) is 0. The van der Waals surface area contributed by atoms with Crippen molar-refractivity contribution in [1.82, 2.24) is 15.0 Å². The van der Waals surface area contributed by atoms with Crippen molar-refractivity contribution in [3.8, 4) is 10.7 Å². The molecule has 3 rings (SSSR count). The van der Waals surface area contributed by atoms with E-state index in [9.17, 15) is 0 Å². The molecule has 0 radical (unpaired) electrons. The molecule has 1 aliphatic rings. The van der Waals surface area contributed by atoms with Crippen molar-refractivity contribution < 1.29 is 0 Å². The van der Waals surface area contributed by atoms with Crippen molar-refractivity contribution in [3.63, 3.8) is 0 Å². The molecule has 3 nitrogen and oxygen atoms in total. The maximum Gasteiger partial charge on any atom is 0.172 e. The highest BCUT2D eigenvalue weighted by molar-refractivity contribution is 14.1. The molecule has 1 aliphatic carbocycles. The van der Waals surface area contributed by atoms with E-state index in [0.29, 0.717) is 16.9 Å². The fourth-order valence-electron chi connectivity index (χ4n) is 1.50. The lowest BCUT2D eigenvalue weighted by Crippen LogP contribution is -1.98. The Kier molecular flexibility index (Phi) is 2.85. The lowest BCUT2D eigenvalue weighted by atomic mass is 10.3. The summed E-state index contributed by atoms with van der Waals surface area (Å²) in [6.07, 6.45) is 4.21. The second-order valence-corrected chi connectivity index (χ2v) is 6.00. The van der Waals surface area contributed by atoms with Crippen molar-refractivity contribution in [2.24, 2.45) is 0 Å². The molecule has 0 atom stereocenters. The van der Waals surface area contributed by atoms with E-state index in [1.807, 2.05) is 0 Å². The Morgan fingerprint density at radius 1 is 1.38 bits per heavy atom. The molecule has 2 heterocycles. The van der Waals surface area contributed by atoms with Gasteiger partial charge < -0.3 is 0 Å². The van der Waals surface area contributed by atoms with Crippen LogP contribution in [-0.2, 0) is 0 Å². The Hall–Kier alpha value is -0.270. The largest absolute Gasteiger partial charge is 0.252 e. The van der Waals surface area contributed by atoms with Gasteiger partial charge in [0.05, 0.1) is 19.7 Å². The van der Waals surface area contributed by atoms with Gasteiger partial charge in [-0.1, -0.05) is 11.6 Å². The van der Waals surface area contributed by atoms with Crippen LogP contribution in [0.25, 0.3) is 10.7 Å². The van der Waals surface area contributed by atoms with Gasteiger partial charge in [0.1, 0.15) is 5.15 Å². The van der Waals surface area contributed by atoms with E-state index in [0.717, 1.165) is 14.1 Å². The molecular weight excluding hydrogens is 357 g/mol. The zero-order chi connectivity index (χ0) is 11.1. The zero-order valence-electron chi connectivity index (χ0n) is 8.15. The number of halogens is 2. The summed E-state index contributed by atoms with van der Waals surface area (Å²) >= 11 is 9.89. The Bertz CT molecular complexity index is 525. The minimum Gasteiger partial charge on any atom is -0.252 e. The van der Waals surface area contributed by atoms with Gasteiger partial charge in [0.25, 0.3) is 0 Å². The molecule has 0 N–H and O–H groups in total. The summed E-state index contributed by atoms with van der Waals surface area (Å²) in [5, 5.41) is 0.556. The number of thiazole rings is 1. The molecule has 0 aromatic carbocycles. The van der Waals surface area contributed by atoms with E-state index in [2.05, 4.69) is 37.5 Å². The predicted molar refractivity (Wildman–Crippen MR) is 72.8 cm³/mol. The van der Waals surface area contributed by atoms with Crippen molar-refractivity contribution in [1.29, 1.82) is 0 Å². The van der Waals surface area contributed by atoms with Crippen molar-refractivity contribution in [2.45, 2.75) is 18.8 Å². The van der Waals surface area contributed by atoms with Gasteiger partial charge in [0, 0.05) is 12.1 Å². The van der Waals surface area contributed by atoms with Gasteiger partial charge in [-0.05, 0) is 35.4 Å². The highest BCUT2D eigenvalue weighted by Gasteiger charge is 2.29.